The highest BCUT2D eigenvalue weighted by atomic mass is 16.6. The average Bonchev–Trinajstić information content (AvgIpc) is 2.65. The third kappa shape index (κ3) is 6.71. The number of rotatable bonds is 10. The fraction of sp³-hybridized carbons (Fsp3) is 0.368. The molecule has 0 aliphatic heterocycles. The van der Waals surface area contributed by atoms with E-state index in [0.29, 0.717) is 31.0 Å². The number of aromatic nitrogens is 2. The van der Waals surface area contributed by atoms with Crippen LogP contribution in [0.5, 0.6) is 0 Å². The lowest BCUT2D eigenvalue weighted by atomic mass is 10.1. The molecule has 0 saturated heterocycles. The molecule has 0 aliphatic carbocycles. The van der Waals surface area contributed by atoms with Crippen molar-refractivity contribution in [1.29, 1.82) is 0 Å². The van der Waals surface area contributed by atoms with Gasteiger partial charge in [-0.25, -0.2) is 9.97 Å². The lowest BCUT2D eigenvalue weighted by Crippen LogP contribution is -2.07. The summed E-state index contributed by atoms with van der Waals surface area (Å²) >= 11 is 0. The Hall–Kier alpha value is -2.76. The maximum Gasteiger partial charge on any atom is 0.305 e. The number of hydrogen-bond donors (Lipinski definition) is 0. The first-order valence-corrected chi connectivity index (χ1v) is 8.48. The van der Waals surface area contributed by atoms with Crippen LogP contribution in [-0.2, 0) is 14.4 Å². The average molecular weight is 341 g/mol. The van der Waals surface area contributed by atoms with Gasteiger partial charge >= 0.3 is 5.97 Å². The zero-order chi connectivity index (χ0) is 17.7. The predicted molar refractivity (Wildman–Crippen MR) is 95.2 cm³/mol. The van der Waals surface area contributed by atoms with E-state index in [-0.39, 0.29) is 5.97 Å². The summed E-state index contributed by atoms with van der Waals surface area (Å²) in [5.41, 5.74) is 2.32. The quantitative estimate of drug-likeness (QED) is 0.287. The molecule has 132 valence electrons. The van der Waals surface area contributed by atoms with Gasteiger partial charge in [-0.15, -0.1) is 0 Å². The van der Waals surface area contributed by atoms with Gasteiger partial charge in [-0.3, -0.25) is 4.79 Å². The molecule has 0 aliphatic rings. The maximum absolute atomic E-state index is 11.2. The summed E-state index contributed by atoms with van der Waals surface area (Å²) in [5.74, 6) is -0.142. The Balaban J connectivity index is 1.84. The van der Waals surface area contributed by atoms with Crippen LogP contribution in [-0.4, -0.2) is 34.9 Å². The fourth-order valence-electron chi connectivity index (χ4n) is 2.23. The monoisotopic (exact) mass is 341 g/mol. The predicted octanol–water partition coefficient (Wildman–Crippen LogP) is 3.37. The Morgan fingerprint density at radius 1 is 1.12 bits per heavy atom. The molecule has 6 heteroatoms. The number of benzene rings is 1. The number of carbonyl (C=O) groups is 1. The van der Waals surface area contributed by atoms with Crippen LogP contribution in [0.3, 0.4) is 0 Å². The van der Waals surface area contributed by atoms with E-state index in [4.69, 9.17) is 9.57 Å². The second-order valence-electron chi connectivity index (χ2n) is 5.35. The second kappa shape index (κ2) is 10.9. The van der Waals surface area contributed by atoms with Gasteiger partial charge in [-0.1, -0.05) is 35.5 Å². The van der Waals surface area contributed by atoms with Crippen LogP contribution in [0.4, 0.5) is 0 Å². The van der Waals surface area contributed by atoms with E-state index < -0.39 is 0 Å². The topological polar surface area (TPSA) is 73.7 Å². The second-order valence-corrected chi connectivity index (χ2v) is 5.35. The summed E-state index contributed by atoms with van der Waals surface area (Å²) < 4.78 is 4.89. The summed E-state index contributed by atoms with van der Waals surface area (Å²) in [7, 11) is 0. The number of oxime groups is 1. The summed E-state index contributed by atoms with van der Waals surface area (Å²) in [6.45, 7) is 2.73. The molecule has 1 heterocycles. The molecule has 0 N–H and O–H groups in total. The number of hydrogen-bond acceptors (Lipinski definition) is 6. The van der Waals surface area contributed by atoms with Crippen LogP contribution in [0.1, 0.15) is 43.9 Å². The van der Waals surface area contributed by atoms with Crippen molar-refractivity contribution in [2.75, 3.05) is 13.2 Å². The molecular weight excluding hydrogens is 318 g/mol. The zero-order valence-electron chi connectivity index (χ0n) is 14.4. The first-order valence-electron chi connectivity index (χ1n) is 8.48. The molecule has 1 aromatic heterocycles. The third-order valence-electron chi connectivity index (χ3n) is 3.45. The van der Waals surface area contributed by atoms with Crippen LogP contribution < -0.4 is 0 Å². The standard InChI is InChI=1S/C19H23N3O3/c1-2-24-18(23)11-7-4-8-14-25-22-19(16-9-5-3-6-10-16)17-12-13-20-15-21-17/h3,5-6,9-10,12-13,15H,2,4,7-8,11,14H2,1H3/b22-19+. The van der Waals surface area contributed by atoms with Crippen LogP contribution in [0.15, 0.2) is 54.1 Å². The van der Waals surface area contributed by atoms with Crippen molar-refractivity contribution in [2.45, 2.75) is 32.6 Å². The van der Waals surface area contributed by atoms with E-state index in [0.717, 1.165) is 24.8 Å². The molecule has 0 fully saturated rings. The molecule has 1 aromatic carbocycles. The minimum absolute atomic E-state index is 0.142. The van der Waals surface area contributed by atoms with Gasteiger partial charge in [-0.05, 0) is 32.3 Å². The largest absolute Gasteiger partial charge is 0.466 e. The van der Waals surface area contributed by atoms with Gasteiger partial charge in [-0.2, -0.15) is 0 Å². The zero-order valence-corrected chi connectivity index (χ0v) is 14.4. The summed E-state index contributed by atoms with van der Waals surface area (Å²) in [6, 6.07) is 11.6. The van der Waals surface area contributed by atoms with Crippen LogP contribution >= 0.6 is 0 Å². The summed E-state index contributed by atoms with van der Waals surface area (Å²) in [5, 5.41) is 4.26. The lowest BCUT2D eigenvalue weighted by molar-refractivity contribution is -0.143. The Kier molecular flexibility index (Phi) is 8.11. The smallest absolute Gasteiger partial charge is 0.305 e. The van der Waals surface area contributed by atoms with Crippen LogP contribution in [0.25, 0.3) is 0 Å². The van der Waals surface area contributed by atoms with Gasteiger partial charge < -0.3 is 9.57 Å². The number of ether oxygens (including phenoxy) is 1. The molecule has 0 spiro atoms. The molecule has 2 rings (SSSR count). The minimum Gasteiger partial charge on any atom is -0.466 e. The normalized spacial score (nSPS) is 11.2. The van der Waals surface area contributed by atoms with Crippen molar-refractivity contribution in [1.82, 2.24) is 9.97 Å². The molecule has 6 nitrogen and oxygen atoms in total. The van der Waals surface area contributed by atoms with E-state index >= 15 is 0 Å². The van der Waals surface area contributed by atoms with Crippen molar-refractivity contribution < 1.29 is 14.4 Å². The number of carbonyl (C=O) groups excluding carboxylic acids is 1. The van der Waals surface area contributed by atoms with Crippen molar-refractivity contribution >= 4 is 11.7 Å². The third-order valence-corrected chi connectivity index (χ3v) is 3.45. The minimum atomic E-state index is -0.142. The van der Waals surface area contributed by atoms with Crippen molar-refractivity contribution in [3.05, 3.63) is 60.2 Å². The molecular formula is C19H23N3O3. The van der Waals surface area contributed by atoms with Crippen LogP contribution in [0.2, 0.25) is 0 Å². The van der Waals surface area contributed by atoms with E-state index in [1.807, 2.05) is 37.3 Å². The molecule has 0 amide bonds. The van der Waals surface area contributed by atoms with Gasteiger partial charge in [0.05, 0.1) is 12.3 Å². The van der Waals surface area contributed by atoms with E-state index in [9.17, 15) is 4.79 Å². The number of unbranched alkanes of at least 4 members (excludes halogenated alkanes) is 2. The maximum atomic E-state index is 11.2. The van der Waals surface area contributed by atoms with E-state index in [1.54, 1.807) is 12.3 Å². The summed E-state index contributed by atoms with van der Waals surface area (Å²) in [4.78, 5) is 24.9. The van der Waals surface area contributed by atoms with Gasteiger partial charge in [0.2, 0.25) is 0 Å². The summed E-state index contributed by atoms with van der Waals surface area (Å²) in [6.07, 6.45) is 6.13. The van der Waals surface area contributed by atoms with Crippen molar-refractivity contribution in [2.24, 2.45) is 5.16 Å². The Labute approximate surface area is 147 Å². The molecule has 0 bridgehead atoms. The molecule has 0 saturated carbocycles. The number of nitrogens with zero attached hydrogens (tertiary/aromatic N) is 3. The SMILES string of the molecule is CCOC(=O)CCCCCO/N=C(\c1ccccc1)c1ccncn1. The van der Waals surface area contributed by atoms with Crippen molar-refractivity contribution in [3.63, 3.8) is 0 Å². The lowest BCUT2D eigenvalue weighted by Gasteiger charge is -2.06. The highest BCUT2D eigenvalue weighted by Gasteiger charge is 2.09. The highest BCUT2D eigenvalue weighted by molar-refractivity contribution is 6.11. The van der Waals surface area contributed by atoms with E-state index in [2.05, 4.69) is 15.1 Å². The Morgan fingerprint density at radius 2 is 1.96 bits per heavy atom. The first-order chi connectivity index (χ1) is 12.3. The number of esters is 1. The Morgan fingerprint density at radius 3 is 2.68 bits per heavy atom. The Bertz CT molecular complexity index is 619. The molecule has 0 radical (unpaired) electrons. The van der Waals surface area contributed by atoms with Crippen molar-refractivity contribution in [3.8, 4) is 0 Å². The first kappa shape index (κ1) is 18.6. The van der Waals surface area contributed by atoms with E-state index in [1.165, 1.54) is 6.33 Å². The molecule has 2 aromatic rings. The van der Waals surface area contributed by atoms with Crippen LogP contribution in [0, 0.1) is 0 Å². The van der Waals surface area contributed by atoms with Gasteiger partial charge in [0.1, 0.15) is 18.6 Å². The highest BCUT2D eigenvalue weighted by Crippen LogP contribution is 2.09. The fourth-order valence-corrected chi connectivity index (χ4v) is 2.23. The van der Waals surface area contributed by atoms with Gasteiger partial charge in [0.25, 0.3) is 0 Å². The molecule has 0 atom stereocenters. The van der Waals surface area contributed by atoms with Gasteiger partial charge in [0.15, 0.2) is 0 Å². The molecule has 0 unspecified atom stereocenters. The molecule has 25 heavy (non-hydrogen) atoms. The van der Waals surface area contributed by atoms with Gasteiger partial charge in [0, 0.05) is 18.2 Å².